The van der Waals surface area contributed by atoms with E-state index in [-0.39, 0.29) is 23.1 Å². The first-order valence-electron chi connectivity index (χ1n) is 32.5. The Hall–Kier alpha value is -10.5. The van der Waals surface area contributed by atoms with Crippen LogP contribution in [0.2, 0.25) is 0 Å². The minimum absolute atomic E-state index is 0.0233. The van der Waals surface area contributed by atoms with E-state index in [9.17, 15) is 19.2 Å². The van der Waals surface area contributed by atoms with Crippen LogP contribution in [0.3, 0.4) is 0 Å². The number of rotatable bonds is 0. The molecule has 0 saturated carbocycles. The molecule has 16 aromatic rings. The molecule has 0 heterocycles. The lowest BCUT2D eigenvalue weighted by Crippen LogP contribution is -2.20. The van der Waals surface area contributed by atoms with E-state index >= 15 is 0 Å². The van der Waals surface area contributed by atoms with Crippen molar-refractivity contribution in [3.8, 4) is 0 Å². The van der Waals surface area contributed by atoms with E-state index in [4.69, 9.17) is 69.6 Å². The summed E-state index contributed by atoms with van der Waals surface area (Å²) in [6.07, 6.45) is 0. The third-order valence-electron chi connectivity index (χ3n) is 19.7. The van der Waals surface area contributed by atoms with Gasteiger partial charge >= 0.3 is 0 Å². The van der Waals surface area contributed by atoms with E-state index in [2.05, 4.69) is 146 Å². The molecule has 0 aromatic heterocycles. The molecule has 0 N–H and O–H groups in total. The highest BCUT2D eigenvalue weighted by Gasteiger charge is 2.38. The van der Waals surface area contributed by atoms with E-state index in [1.165, 1.54) is 0 Å². The maximum Gasteiger partial charge on any atom is 0.194 e. The molecule has 0 bridgehead atoms. The van der Waals surface area contributed by atoms with Gasteiger partial charge < -0.3 is 0 Å². The predicted octanol–water partition coefficient (Wildman–Crippen LogP) is 24.8. The smallest absolute Gasteiger partial charge is 0.194 e. The molecule has 20 rings (SSSR count). The van der Waals surface area contributed by atoms with Crippen molar-refractivity contribution in [2.24, 2.45) is 0 Å². The van der Waals surface area contributed by atoms with Crippen LogP contribution in [0, 0.1) is 0 Å². The maximum absolute atomic E-state index is 14.4. The number of benzene rings is 16. The third kappa shape index (κ3) is 10.9. The van der Waals surface area contributed by atoms with Crippen LogP contribution in [-0.4, -0.2) is 31.7 Å². The van der Waals surface area contributed by atoms with Gasteiger partial charge in [-0.05, 0) is 250 Å². The van der Waals surface area contributed by atoms with Crippen molar-refractivity contribution in [3.05, 3.63) is 380 Å². The number of halogens is 6. The zero-order valence-electron chi connectivity index (χ0n) is 52.8. The first kappa shape index (κ1) is 63.0. The maximum atomic E-state index is 14.4. The first-order valence-corrected chi connectivity index (χ1v) is 35.1. The Labute approximate surface area is 604 Å². The molecular weight excluding hydrogens is 1360 g/mol. The van der Waals surface area contributed by atoms with Crippen LogP contribution in [0.1, 0.15) is 108 Å². The quantitative estimate of drug-likeness (QED) is 0.142. The monoisotopic (exact) mass is 1400 g/mol. The number of alkyl halides is 6. The molecule has 0 unspecified atom stereocenters. The molecular formula is C90H50Cl6O4. The Morgan fingerprint density at radius 3 is 0.320 bits per heavy atom. The summed E-state index contributed by atoms with van der Waals surface area (Å²) in [5.41, 5.74) is 16.6. The van der Waals surface area contributed by atoms with E-state index in [0.717, 1.165) is 153 Å². The minimum Gasteiger partial charge on any atom is -0.289 e. The van der Waals surface area contributed by atoms with Crippen molar-refractivity contribution in [2.75, 3.05) is 0 Å². The molecule has 0 fully saturated rings. The molecule has 0 spiro atoms. The van der Waals surface area contributed by atoms with Gasteiger partial charge in [0, 0.05) is 44.5 Å². The van der Waals surface area contributed by atoms with Gasteiger partial charge in [-0.15, -0.1) is 0 Å². The van der Waals surface area contributed by atoms with Gasteiger partial charge in [-0.3, -0.25) is 19.2 Å². The van der Waals surface area contributed by atoms with Gasteiger partial charge in [-0.1, -0.05) is 264 Å². The summed E-state index contributed by atoms with van der Waals surface area (Å²) < 4.78 is -1.50. The van der Waals surface area contributed by atoms with Crippen molar-refractivity contribution in [3.63, 3.8) is 0 Å². The van der Waals surface area contributed by atoms with Crippen molar-refractivity contribution < 1.29 is 19.2 Å². The van der Waals surface area contributed by atoms with Gasteiger partial charge in [0.05, 0.1) is 0 Å². The van der Waals surface area contributed by atoms with Gasteiger partial charge in [0.2, 0.25) is 0 Å². The molecule has 476 valence electrons. The van der Waals surface area contributed by atoms with Crippen LogP contribution < -0.4 is 0 Å². The molecule has 0 saturated heterocycles. The Morgan fingerprint density at radius 1 is 0.150 bits per heavy atom. The zero-order chi connectivity index (χ0) is 68.2. The van der Waals surface area contributed by atoms with Gasteiger partial charge in [0.25, 0.3) is 0 Å². The fourth-order valence-electron chi connectivity index (χ4n) is 15.3. The van der Waals surface area contributed by atoms with Gasteiger partial charge in [0.15, 0.2) is 31.7 Å². The summed E-state index contributed by atoms with van der Waals surface area (Å²) in [6, 6.07) is 99.4. The molecule has 10 heteroatoms. The Balaban J connectivity index is 0.000000135. The first-order chi connectivity index (χ1) is 48.7. The van der Waals surface area contributed by atoms with Crippen LogP contribution in [0.4, 0.5) is 0 Å². The highest BCUT2D eigenvalue weighted by Crippen LogP contribution is 2.52. The van der Waals surface area contributed by atoms with E-state index in [1.54, 1.807) is 0 Å². The average molecular weight is 1410 g/mol. The second-order valence-electron chi connectivity index (χ2n) is 25.3. The highest BCUT2D eigenvalue weighted by molar-refractivity contribution is 6.63. The number of hydrogen-bond donors (Lipinski definition) is 0. The lowest BCUT2D eigenvalue weighted by molar-refractivity contribution is 0.102. The van der Waals surface area contributed by atoms with Gasteiger partial charge in [0.1, 0.15) is 0 Å². The third-order valence-corrected chi connectivity index (χ3v) is 19.7. The Kier molecular flexibility index (Phi) is 16.0. The summed E-state index contributed by atoms with van der Waals surface area (Å²) in [5.74, 6) is 0.0934. The zero-order valence-corrected chi connectivity index (χ0v) is 57.3. The normalized spacial score (nSPS) is 13.3. The van der Waals surface area contributed by atoms with Crippen LogP contribution in [0.5, 0.6) is 0 Å². The molecule has 100 heavy (non-hydrogen) atoms. The molecule has 4 aliphatic carbocycles. The summed E-state index contributed by atoms with van der Waals surface area (Å²) in [4.78, 5) is 57.8. The summed E-state index contributed by atoms with van der Waals surface area (Å²) in [7, 11) is 0. The van der Waals surface area contributed by atoms with Crippen molar-refractivity contribution in [2.45, 2.75) is 8.59 Å². The molecule has 4 nitrogen and oxygen atoms in total. The van der Waals surface area contributed by atoms with E-state index in [1.807, 2.05) is 146 Å². The van der Waals surface area contributed by atoms with Crippen molar-refractivity contribution >= 4 is 201 Å². The lowest BCUT2D eigenvalue weighted by Gasteiger charge is -2.30. The highest BCUT2D eigenvalue weighted by atomic mass is 35.6. The molecule has 0 amide bonds. The molecule has 0 radical (unpaired) electrons. The fourth-order valence-corrected chi connectivity index (χ4v) is 15.3. The molecule has 0 aliphatic heterocycles. The van der Waals surface area contributed by atoms with Crippen LogP contribution in [0.15, 0.2) is 291 Å². The van der Waals surface area contributed by atoms with Crippen LogP contribution in [0.25, 0.3) is 108 Å². The van der Waals surface area contributed by atoms with Gasteiger partial charge in [-0.2, -0.15) is 0 Å². The fraction of sp³-hybridized carbons (Fsp3) is 0.0222. The van der Waals surface area contributed by atoms with Crippen molar-refractivity contribution in [1.82, 2.24) is 0 Å². The van der Waals surface area contributed by atoms with Gasteiger partial charge in [-0.25, -0.2) is 0 Å². The van der Waals surface area contributed by atoms with E-state index < -0.39 is 8.59 Å². The van der Waals surface area contributed by atoms with Crippen LogP contribution in [-0.2, 0) is 0 Å². The average Bonchev–Trinajstić information content (AvgIpc) is 0.710. The van der Waals surface area contributed by atoms with Crippen molar-refractivity contribution in [1.29, 1.82) is 0 Å². The summed E-state index contributed by atoms with van der Waals surface area (Å²) in [5, 5.41) is 16.8. The minimum atomic E-state index is -0.750. The standard InChI is InChI=1S/2C44H24O2.2CHCl3/c2*45-43-37-21-29-13-5-1-9-25(29)17-33(37)41(34-18-26-10-2-6-14-30(26)22-38(34)43)42-35-19-27-11-3-7-15-31(27)23-39(35)44(46)40-24-32-16-8-4-12-28(32)20-36(40)42;2*2-1(3)4/h2*1-24H;2*1H. The number of hydrogen-bond acceptors (Lipinski definition) is 4. The SMILES string of the molecule is ClC(Cl)Cl.ClC(Cl)Cl.O=C1c2cc3ccccc3cc2C(=C2c3cc4ccccc4cc3C(=O)c3cc4ccccc4cc32)c2cc3ccccc3cc21.O=C1c2cc3ccccc3cc2C(=C2c3cc4ccccc4cc3C(=O)c3cc4ccccc4cc32)c2cc3ccccc3cc21. The topological polar surface area (TPSA) is 68.3 Å². The molecule has 4 aliphatic rings. The largest absolute Gasteiger partial charge is 0.289 e. The predicted molar refractivity (Wildman–Crippen MR) is 418 cm³/mol. The Bertz CT molecular complexity index is 5230. The number of ketones is 4. The number of carbonyl (C=O) groups excluding carboxylic acids is 4. The number of carbonyl (C=O) groups is 4. The van der Waals surface area contributed by atoms with Crippen LogP contribution >= 0.6 is 69.6 Å². The second-order valence-corrected chi connectivity index (χ2v) is 29.2. The Morgan fingerprint density at radius 2 is 0.230 bits per heavy atom. The summed E-state index contributed by atoms with van der Waals surface area (Å²) >= 11 is 28.8. The lowest BCUT2D eigenvalue weighted by atomic mass is 9.71. The molecule has 0 atom stereocenters. The molecule has 16 aromatic carbocycles. The second kappa shape index (κ2) is 25.3. The summed E-state index contributed by atoms with van der Waals surface area (Å²) in [6.45, 7) is 0. The van der Waals surface area contributed by atoms with E-state index in [0.29, 0.717) is 44.5 Å². The number of fused-ring (bicyclic) bond motifs is 16.